The number of nitrogens with zero attached hydrogens (tertiary/aromatic N) is 2. The third-order valence-corrected chi connectivity index (χ3v) is 6.67. The van der Waals surface area contributed by atoms with Crippen LogP contribution in [0.2, 0.25) is 0 Å². The van der Waals surface area contributed by atoms with Crippen molar-refractivity contribution in [2.75, 3.05) is 12.9 Å². The fraction of sp³-hybridized carbons (Fsp3) is 0.522. The molecular weight excluding hydrogens is 384 g/mol. The van der Waals surface area contributed by atoms with E-state index < -0.39 is 5.92 Å². The van der Waals surface area contributed by atoms with Crippen LogP contribution in [0.15, 0.2) is 34.5 Å². The Kier molecular flexibility index (Phi) is 7.38. The first kappa shape index (κ1) is 21.4. The number of hydrogen-bond donors (Lipinski definition) is 1. The van der Waals surface area contributed by atoms with Crippen molar-refractivity contribution in [1.29, 1.82) is 5.26 Å². The molecule has 1 aromatic carbocycles. The SMILES string of the molecule is CCCCCCSC1=NC2=C(C(=O)CCC2)[C@H](c2ccc(O)c(OC)c2)C1C#N. The van der Waals surface area contributed by atoms with Crippen molar-refractivity contribution in [2.45, 2.75) is 57.8 Å². The highest BCUT2D eigenvalue weighted by molar-refractivity contribution is 8.14. The highest BCUT2D eigenvalue weighted by atomic mass is 32.2. The number of carbonyl (C=O) groups excluding carboxylic acids is 1. The van der Waals surface area contributed by atoms with Crippen molar-refractivity contribution in [3.8, 4) is 17.6 Å². The van der Waals surface area contributed by atoms with Crippen LogP contribution >= 0.6 is 11.8 Å². The summed E-state index contributed by atoms with van der Waals surface area (Å²) in [5.74, 6) is 0.539. The molecule has 2 atom stereocenters. The number of rotatable bonds is 7. The molecule has 1 aliphatic carbocycles. The number of aromatic hydroxyl groups is 1. The fourth-order valence-electron chi connectivity index (χ4n) is 4.03. The summed E-state index contributed by atoms with van der Waals surface area (Å²) in [6.07, 6.45) is 6.75. The van der Waals surface area contributed by atoms with Crippen molar-refractivity contribution in [3.05, 3.63) is 35.0 Å². The predicted octanol–water partition coefficient (Wildman–Crippen LogP) is 5.36. The van der Waals surface area contributed by atoms with E-state index in [0.717, 1.165) is 41.3 Å². The van der Waals surface area contributed by atoms with Crippen LogP contribution in [0.1, 0.15) is 63.4 Å². The number of aliphatic imine (C=N–C) groups is 1. The normalized spacial score (nSPS) is 21.4. The van der Waals surface area contributed by atoms with E-state index in [2.05, 4.69) is 13.0 Å². The van der Waals surface area contributed by atoms with Gasteiger partial charge < -0.3 is 9.84 Å². The number of carbonyl (C=O) groups is 1. The molecular formula is C23H28N2O3S. The Bertz CT molecular complexity index is 869. The van der Waals surface area contributed by atoms with Gasteiger partial charge in [-0.15, -0.1) is 11.8 Å². The summed E-state index contributed by atoms with van der Waals surface area (Å²) >= 11 is 1.65. The lowest BCUT2D eigenvalue weighted by Gasteiger charge is -2.33. The van der Waals surface area contributed by atoms with Crippen LogP contribution in [0.3, 0.4) is 0 Å². The van der Waals surface area contributed by atoms with Crippen LogP contribution in [0, 0.1) is 17.2 Å². The van der Waals surface area contributed by atoms with Crippen LogP contribution in [-0.4, -0.2) is 28.8 Å². The van der Waals surface area contributed by atoms with Gasteiger partial charge in [0, 0.05) is 23.6 Å². The van der Waals surface area contributed by atoms with Crippen molar-refractivity contribution < 1.29 is 14.6 Å². The smallest absolute Gasteiger partial charge is 0.161 e. The summed E-state index contributed by atoms with van der Waals surface area (Å²) in [6, 6.07) is 7.52. The molecule has 5 nitrogen and oxygen atoms in total. The number of hydrogen-bond acceptors (Lipinski definition) is 6. The fourth-order valence-corrected chi connectivity index (χ4v) is 5.13. The van der Waals surface area contributed by atoms with Crippen molar-refractivity contribution in [3.63, 3.8) is 0 Å². The Morgan fingerprint density at radius 2 is 2.14 bits per heavy atom. The largest absolute Gasteiger partial charge is 0.504 e. The lowest BCUT2D eigenvalue weighted by molar-refractivity contribution is -0.116. The van der Waals surface area contributed by atoms with Gasteiger partial charge >= 0.3 is 0 Å². The average molecular weight is 413 g/mol. The lowest BCUT2D eigenvalue weighted by atomic mass is 9.74. The third-order valence-electron chi connectivity index (χ3n) is 5.53. The molecule has 0 spiro atoms. The maximum absolute atomic E-state index is 12.8. The molecule has 1 unspecified atom stereocenters. The van der Waals surface area contributed by atoms with Gasteiger partial charge in [0.15, 0.2) is 17.3 Å². The van der Waals surface area contributed by atoms with Crippen LogP contribution in [0.4, 0.5) is 0 Å². The maximum atomic E-state index is 12.8. The Morgan fingerprint density at radius 1 is 1.31 bits per heavy atom. The molecule has 1 aromatic rings. The number of ketones is 1. The Morgan fingerprint density at radius 3 is 2.86 bits per heavy atom. The van der Waals surface area contributed by atoms with Crippen molar-refractivity contribution in [1.82, 2.24) is 0 Å². The maximum Gasteiger partial charge on any atom is 0.161 e. The number of methoxy groups -OCH3 is 1. The topological polar surface area (TPSA) is 82.7 Å². The van der Waals surface area contributed by atoms with Gasteiger partial charge in [-0.2, -0.15) is 5.26 Å². The highest BCUT2D eigenvalue weighted by Crippen LogP contribution is 2.46. The van der Waals surface area contributed by atoms with Crippen LogP contribution < -0.4 is 4.74 Å². The summed E-state index contributed by atoms with van der Waals surface area (Å²) in [4.78, 5) is 17.6. The summed E-state index contributed by atoms with van der Waals surface area (Å²) in [5.41, 5.74) is 2.32. The molecule has 0 aromatic heterocycles. The van der Waals surface area contributed by atoms with E-state index in [4.69, 9.17) is 9.73 Å². The second kappa shape index (κ2) is 9.98. The van der Waals surface area contributed by atoms with Crippen molar-refractivity contribution >= 4 is 22.6 Å². The standard InChI is InChI=1S/C23H28N2O3S/c1-3-4-5-6-12-29-23-16(14-24)21(15-10-11-18(26)20(13-15)28-2)22-17(25-23)8-7-9-19(22)27/h10-11,13,16,21,26H,3-9,12H2,1-2H3/t16?,21-/m1/s1. The van der Waals surface area contributed by atoms with Crippen molar-refractivity contribution in [2.24, 2.45) is 10.9 Å². The Labute approximate surface area is 176 Å². The Balaban J connectivity index is 1.97. The van der Waals surface area contributed by atoms with Crippen LogP contribution in [0.5, 0.6) is 11.5 Å². The first-order chi connectivity index (χ1) is 14.1. The zero-order chi connectivity index (χ0) is 20.8. The highest BCUT2D eigenvalue weighted by Gasteiger charge is 2.40. The minimum absolute atomic E-state index is 0.0453. The van der Waals surface area contributed by atoms with Gasteiger partial charge in [-0.3, -0.25) is 4.79 Å². The number of Topliss-reactive ketones (excluding diaryl/α,β-unsaturated/α-hetero) is 1. The molecule has 0 fully saturated rings. The molecule has 29 heavy (non-hydrogen) atoms. The second-order valence-corrected chi connectivity index (χ2v) is 8.63. The molecule has 0 saturated heterocycles. The van der Waals surface area contributed by atoms with E-state index in [1.807, 2.05) is 0 Å². The van der Waals surface area contributed by atoms with E-state index in [0.29, 0.717) is 17.7 Å². The van der Waals surface area contributed by atoms with E-state index >= 15 is 0 Å². The summed E-state index contributed by atoms with van der Waals surface area (Å²) in [7, 11) is 1.50. The molecule has 1 heterocycles. The molecule has 1 aliphatic heterocycles. The molecule has 154 valence electrons. The minimum atomic E-state index is -0.499. The number of unbranched alkanes of at least 4 members (excludes halogenated alkanes) is 3. The number of allylic oxidation sites excluding steroid dienone is 2. The second-order valence-electron chi connectivity index (χ2n) is 7.51. The molecule has 3 rings (SSSR count). The van der Waals surface area contributed by atoms with Gasteiger partial charge in [-0.05, 0) is 42.7 Å². The number of phenolic OH excluding ortho intramolecular Hbond substituents is 1. The van der Waals surface area contributed by atoms with Crippen LogP contribution in [-0.2, 0) is 4.79 Å². The van der Waals surface area contributed by atoms with Gasteiger partial charge in [0.05, 0.1) is 18.2 Å². The quantitative estimate of drug-likeness (QED) is 0.610. The summed E-state index contributed by atoms with van der Waals surface area (Å²) in [5, 5.41) is 20.8. The summed E-state index contributed by atoms with van der Waals surface area (Å²) in [6.45, 7) is 2.19. The number of benzene rings is 1. The lowest BCUT2D eigenvalue weighted by Crippen LogP contribution is -2.30. The van der Waals surface area contributed by atoms with Gasteiger partial charge in [0.25, 0.3) is 0 Å². The number of phenols is 1. The molecule has 6 heteroatoms. The van der Waals surface area contributed by atoms with Gasteiger partial charge in [-0.1, -0.05) is 32.3 Å². The molecule has 0 radical (unpaired) electrons. The van der Waals surface area contributed by atoms with E-state index in [-0.39, 0.29) is 17.5 Å². The molecule has 0 bridgehead atoms. The summed E-state index contributed by atoms with van der Waals surface area (Å²) < 4.78 is 5.27. The first-order valence-corrected chi connectivity index (χ1v) is 11.3. The van der Waals surface area contributed by atoms with E-state index in [1.165, 1.54) is 26.4 Å². The number of ether oxygens (including phenoxy) is 1. The monoisotopic (exact) mass is 412 g/mol. The molecule has 0 amide bonds. The van der Waals surface area contributed by atoms with Gasteiger partial charge in [0.2, 0.25) is 0 Å². The Hall–Kier alpha value is -2.26. The van der Waals surface area contributed by atoms with Crippen LogP contribution in [0.25, 0.3) is 0 Å². The minimum Gasteiger partial charge on any atom is -0.504 e. The molecule has 2 aliphatic rings. The molecule has 1 N–H and O–H groups in total. The zero-order valence-electron chi connectivity index (χ0n) is 17.1. The van der Waals surface area contributed by atoms with E-state index in [9.17, 15) is 15.2 Å². The average Bonchev–Trinajstić information content (AvgIpc) is 2.73. The third kappa shape index (κ3) is 4.67. The number of thioether (sulfide) groups is 1. The van der Waals surface area contributed by atoms with Gasteiger partial charge in [-0.25, -0.2) is 4.99 Å². The van der Waals surface area contributed by atoms with Gasteiger partial charge in [0.1, 0.15) is 5.92 Å². The first-order valence-electron chi connectivity index (χ1n) is 10.3. The van der Waals surface area contributed by atoms with E-state index in [1.54, 1.807) is 30.0 Å². The zero-order valence-corrected chi connectivity index (χ0v) is 17.9. The molecule has 0 saturated carbocycles. The predicted molar refractivity (Wildman–Crippen MR) is 116 cm³/mol. The number of nitriles is 1.